The van der Waals surface area contributed by atoms with Gasteiger partial charge in [0, 0.05) is 22.9 Å². The summed E-state index contributed by atoms with van der Waals surface area (Å²) in [4.78, 5) is 27.9. The van der Waals surface area contributed by atoms with Crippen LogP contribution in [-0.2, 0) is 15.5 Å². The van der Waals surface area contributed by atoms with Crippen LogP contribution in [0.25, 0.3) is 0 Å². The van der Waals surface area contributed by atoms with Gasteiger partial charge in [0.1, 0.15) is 5.75 Å². The average Bonchev–Trinajstić information content (AvgIpc) is 3.63. The Bertz CT molecular complexity index is 1030. The van der Waals surface area contributed by atoms with E-state index in [-0.39, 0.29) is 28.5 Å². The van der Waals surface area contributed by atoms with E-state index in [2.05, 4.69) is 20.1 Å². The van der Waals surface area contributed by atoms with Gasteiger partial charge < -0.3 is 10.1 Å². The van der Waals surface area contributed by atoms with Crippen molar-refractivity contribution in [2.45, 2.75) is 39.2 Å². The Kier molecular flexibility index (Phi) is 7.29. The Morgan fingerprint density at radius 3 is 2.61 bits per heavy atom. The average molecular weight is 466 g/mol. The molecule has 1 aromatic heterocycles. The molecule has 1 aromatic carbocycles. The molecule has 7 nitrogen and oxygen atoms in total. The maximum absolute atomic E-state index is 14.4. The minimum Gasteiger partial charge on any atom is -0.433 e. The SMILES string of the molecule is C/C(=N/N(C=O)c1ccc(OC(F)F)cn1)C(C)C(=O)Nc1cccc(C(F)(F)C2CC2)c1. The fourth-order valence-corrected chi connectivity index (χ4v) is 2.99. The second-order valence-corrected chi connectivity index (χ2v) is 7.61. The Labute approximate surface area is 187 Å². The van der Waals surface area contributed by atoms with Gasteiger partial charge in [-0.05, 0) is 51.0 Å². The summed E-state index contributed by atoms with van der Waals surface area (Å²) in [5.74, 6) is -5.12. The quantitative estimate of drug-likeness (QED) is 0.236. The molecule has 1 N–H and O–H groups in total. The maximum Gasteiger partial charge on any atom is 0.387 e. The van der Waals surface area contributed by atoms with E-state index in [0.717, 1.165) is 11.2 Å². The van der Waals surface area contributed by atoms with Crippen LogP contribution in [0.2, 0.25) is 0 Å². The number of benzene rings is 1. The van der Waals surface area contributed by atoms with Gasteiger partial charge in [-0.3, -0.25) is 9.59 Å². The van der Waals surface area contributed by atoms with Crippen LogP contribution in [-0.4, -0.2) is 29.6 Å². The number of alkyl halides is 4. The van der Waals surface area contributed by atoms with Crippen molar-refractivity contribution >= 4 is 29.5 Å². The van der Waals surface area contributed by atoms with E-state index >= 15 is 0 Å². The number of nitrogens with one attached hydrogen (secondary N) is 1. The van der Waals surface area contributed by atoms with Crippen molar-refractivity contribution < 1.29 is 31.9 Å². The third kappa shape index (κ3) is 6.05. The largest absolute Gasteiger partial charge is 0.433 e. The fourth-order valence-electron chi connectivity index (χ4n) is 2.99. The summed E-state index contributed by atoms with van der Waals surface area (Å²) in [5.41, 5.74) is 0.299. The Balaban J connectivity index is 1.68. The number of nitrogens with zero attached hydrogens (tertiary/aromatic N) is 3. The Morgan fingerprint density at radius 1 is 1.30 bits per heavy atom. The molecule has 2 amide bonds. The molecule has 1 heterocycles. The molecule has 33 heavy (non-hydrogen) atoms. The van der Waals surface area contributed by atoms with E-state index in [4.69, 9.17) is 0 Å². The van der Waals surface area contributed by atoms with Crippen molar-refractivity contribution in [3.63, 3.8) is 0 Å². The van der Waals surface area contributed by atoms with Crippen LogP contribution in [0, 0.1) is 11.8 Å². The number of halogens is 4. The van der Waals surface area contributed by atoms with E-state index in [0.29, 0.717) is 19.3 Å². The lowest BCUT2D eigenvalue weighted by molar-refractivity contribution is -0.117. The standard InChI is InChI=1S/C22H22F4N4O3/c1-13(14(2)29-30(12-31)19-9-8-18(11-27-19)33-21(23)24)20(32)28-17-5-3-4-16(10-17)22(25,26)15-6-7-15/h3-5,8-13,15,21H,6-7H2,1-2H3,(H,28,32)/b29-14-. The number of anilines is 2. The zero-order chi connectivity index (χ0) is 24.2. The lowest BCUT2D eigenvalue weighted by Crippen LogP contribution is -2.28. The molecule has 1 fully saturated rings. The molecule has 3 rings (SSSR count). The second kappa shape index (κ2) is 9.97. The molecule has 1 aliphatic rings. The zero-order valence-electron chi connectivity index (χ0n) is 17.8. The lowest BCUT2D eigenvalue weighted by Gasteiger charge is -2.18. The summed E-state index contributed by atoms with van der Waals surface area (Å²) < 4.78 is 57.4. The number of hydrogen-bond acceptors (Lipinski definition) is 5. The van der Waals surface area contributed by atoms with Crippen LogP contribution < -0.4 is 15.1 Å². The first-order chi connectivity index (χ1) is 15.6. The summed E-state index contributed by atoms with van der Waals surface area (Å²) in [7, 11) is 0. The van der Waals surface area contributed by atoms with Crippen molar-refractivity contribution in [2.24, 2.45) is 16.9 Å². The number of ether oxygens (including phenoxy) is 1. The van der Waals surface area contributed by atoms with E-state index in [1.54, 1.807) is 0 Å². The molecule has 1 atom stereocenters. The lowest BCUT2D eigenvalue weighted by atomic mass is 10.0. The van der Waals surface area contributed by atoms with Gasteiger partial charge in [0.05, 0.1) is 12.1 Å². The summed E-state index contributed by atoms with van der Waals surface area (Å²) >= 11 is 0. The molecule has 0 saturated heterocycles. The predicted octanol–water partition coefficient (Wildman–Crippen LogP) is 4.80. The van der Waals surface area contributed by atoms with Crippen LogP contribution in [0.4, 0.5) is 29.1 Å². The highest BCUT2D eigenvalue weighted by molar-refractivity contribution is 6.08. The van der Waals surface area contributed by atoms with Crippen molar-refractivity contribution in [1.82, 2.24) is 4.98 Å². The first kappa shape index (κ1) is 24.1. The number of carbonyl (C=O) groups is 2. The van der Waals surface area contributed by atoms with Crippen LogP contribution in [0.5, 0.6) is 5.75 Å². The fraction of sp³-hybridized carbons (Fsp3) is 0.364. The van der Waals surface area contributed by atoms with Crippen molar-refractivity contribution in [3.05, 3.63) is 48.2 Å². The maximum atomic E-state index is 14.4. The molecule has 11 heteroatoms. The van der Waals surface area contributed by atoms with E-state index < -0.39 is 30.3 Å². The molecule has 0 aliphatic heterocycles. The molecule has 0 spiro atoms. The number of pyridine rings is 1. The monoisotopic (exact) mass is 466 g/mol. The van der Waals surface area contributed by atoms with E-state index in [9.17, 15) is 27.2 Å². The van der Waals surface area contributed by atoms with E-state index in [1.807, 2.05) is 0 Å². The zero-order valence-corrected chi connectivity index (χ0v) is 17.8. The van der Waals surface area contributed by atoms with Crippen molar-refractivity contribution in [3.8, 4) is 5.75 Å². The van der Waals surface area contributed by atoms with Crippen LogP contribution in [0.15, 0.2) is 47.7 Å². The van der Waals surface area contributed by atoms with Gasteiger partial charge in [0.2, 0.25) is 12.3 Å². The van der Waals surface area contributed by atoms with Crippen LogP contribution in [0.3, 0.4) is 0 Å². The number of hydrogen-bond donors (Lipinski definition) is 1. The Morgan fingerprint density at radius 2 is 2.03 bits per heavy atom. The van der Waals surface area contributed by atoms with Gasteiger partial charge in [-0.1, -0.05) is 12.1 Å². The molecule has 0 bridgehead atoms. The molecule has 1 saturated carbocycles. The molecule has 0 radical (unpaired) electrons. The highest BCUT2D eigenvalue weighted by Gasteiger charge is 2.47. The summed E-state index contributed by atoms with van der Waals surface area (Å²) in [6, 6.07) is 7.98. The number of amides is 2. The van der Waals surface area contributed by atoms with Crippen molar-refractivity contribution in [1.29, 1.82) is 0 Å². The van der Waals surface area contributed by atoms with Gasteiger partial charge in [-0.25, -0.2) is 13.8 Å². The molecular weight excluding hydrogens is 444 g/mol. The van der Waals surface area contributed by atoms with Crippen LogP contribution >= 0.6 is 0 Å². The van der Waals surface area contributed by atoms with Crippen LogP contribution in [0.1, 0.15) is 32.3 Å². The minimum absolute atomic E-state index is 0.0218. The van der Waals surface area contributed by atoms with E-state index in [1.165, 1.54) is 50.2 Å². The highest BCUT2D eigenvalue weighted by atomic mass is 19.3. The molecule has 176 valence electrons. The predicted molar refractivity (Wildman–Crippen MR) is 113 cm³/mol. The normalized spacial score (nSPS) is 15.2. The summed E-state index contributed by atoms with van der Waals surface area (Å²) in [6.45, 7) is 0.0274. The van der Waals surface area contributed by atoms with Crippen molar-refractivity contribution in [2.75, 3.05) is 10.3 Å². The number of hydrazone groups is 1. The first-order valence-electron chi connectivity index (χ1n) is 10.1. The smallest absolute Gasteiger partial charge is 0.387 e. The van der Waals surface area contributed by atoms with Gasteiger partial charge in [-0.15, -0.1) is 0 Å². The summed E-state index contributed by atoms with van der Waals surface area (Å²) in [6.07, 6.45) is 2.29. The Hall–Kier alpha value is -3.50. The third-order valence-corrected chi connectivity index (χ3v) is 5.17. The first-order valence-corrected chi connectivity index (χ1v) is 10.1. The van der Waals surface area contributed by atoms with Gasteiger partial charge in [0.25, 0.3) is 5.92 Å². The number of carbonyl (C=O) groups excluding carboxylic acids is 2. The molecule has 2 aromatic rings. The second-order valence-electron chi connectivity index (χ2n) is 7.61. The molecule has 1 aliphatic carbocycles. The number of rotatable bonds is 10. The minimum atomic E-state index is -3.01. The molecular formula is C22H22F4N4O3. The number of aromatic nitrogens is 1. The topological polar surface area (TPSA) is 83.9 Å². The highest BCUT2D eigenvalue weighted by Crippen LogP contribution is 2.49. The van der Waals surface area contributed by atoms with Gasteiger partial charge in [0.15, 0.2) is 5.82 Å². The van der Waals surface area contributed by atoms with Gasteiger partial charge in [-0.2, -0.15) is 18.9 Å². The summed E-state index contributed by atoms with van der Waals surface area (Å²) in [5, 5.41) is 7.48. The third-order valence-electron chi connectivity index (χ3n) is 5.17. The van der Waals surface area contributed by atoms with Gasteiger partial charge >= 0.3 is 6.61 Å². The molecule has 1 unspecified atom stereocenters.